The monoisotopic (exact) mass is 279 g/mol. The maximum Gasteiger partial charge on any atom is 0.244 e. The second-order valence-corrected chi connectivity index (χ2v) is 6.29. The van der Waals surface area contributed by atoms with Crippen LogP contribution in [0.1, 0.15) is 25.2 Å². The van der Waals surface area contributed by atoms with Gasteiger partial charge in [-0.15, -0.1) is 0 Å². The number of aryl methyl sites for hydroxylation is 1. The Balaban J connectivity index is 2.07. The zero-order chi connectivity index (χ0) is 15.1. The van der Waals surface area contributed by atoms with Gasteiger partial charge in [0.15, 0.2) is 0 Å². The minimum absolute atomic E-state index is 0.0159. The summed E-state index contributed by atoms with van der Waals surface area (Å²) < 4.78 is 1.71. The lowest BCUT2D eigenvalue weighted by Gasteiger charge is -2.45. The third-order valence-electron chi connectivity index (χ3n) is 4.39. The Morgan fingerprint density at radius 3 is 2.50 bits per heavy atom. The molecule has 0 unspecified atom stereocenters. The molecule has 6 nitrogen and oxygen atoms in total. The van der Waals surface area contributed by atoms with Crippen molar-refractivity contribution in [3.63, 3.8) is 0 Å². The van der Waals surface area contributed by atoms with Gasteiger partial charge < -0.3 is 10.6 Å². The normalized spacial score (nSPS) is 19.4. The Hall–Kier alpha value is -1.56. The van der Waals surface area contributed by atoms with Crippen molar-refractivity contribution in [1.82, 2.24) is 19.6 Å². The van der Waals surface area contributed by atoms with E-state index in [1.54, 1.807) is 4.68 Å². The quantitative estimate of drug-likeness (QED) is 0.862. The van der Waals surface area contributed by atoms with E-state index in [0.29, 0.717) is 5.69 Å². The molecule has 0 spiro atoms. The molecular formula is C14H25N5O. The first-order chi connectivity index (χ1) is 9.22. The summed E-state index contributed by atoms with van der Waals surface area (Å²) >= 11 is 0. The number of hydrogen-bond donors (Lipinski definition) is 1. The van der Waals surface area contributed by atoms with Gasteiger partial charge in [-0.3, -0.25) is 14.4 Å². The zero-order valence-corrected chi connectivity index (χ0v) is 13.1. The highest BCUT2D eigenvalue weighted by Gasteiger charge is 2.33. The number of amides is 1. The van der Waals surface area contributed by atoms with E-state index in [9.17, 15) is 4.79 Å². The maximum absolute atomic E-state index is 12.4. The molecule has 0 atom stereocenters. The van der Waals surface area contributed by atoms with Gasteiger partial charge in [-0.2, -0.15) is 5.10 Å². The number of aromatic nitrogens is 2. The van der Waals surface area contributed by atoms with Crippen LogP contribution in [0.4, 0.5) is 5.69 Å². The molecule has 0 bridgehead atoms. The molecule has 1 aromatic rings. The highest BCUT2D eigenvalue weighted by molar-refractivity contribution is 5.76. The van der Waals surface area contributed by atoms with Gasteiger partial charge in [-0.1, -0.05) is 0 Å². The number of rotatable bonds is 2. The second kappa shape index (κ2) is 5.09. The van der Waals surface area contributed by atoms with Gasteiger partial charge in [-0.05, 0) is 34.7 Å². The summed E-state index contributed by atoms with van der Waals surface area (Å²) in [6.07, 6.45) is 0. The lowest BCUT2D eigenvalue weighted by atomic mass is 10.00. The summed E-state index contributed by atoms with van der Waals surface area (Å²) in [4.78, 5) is 16.7. The van der Waals surface area contributed by atoms with Crippen molar-refractivity contribution in [3.8, 4) is 0 Å². The van der Waals surface area contributed by atoms with Crippen LogP contribution in [0.3, 0.4) is 0 Å². The first kappa shape index (κ1) is 14.8. The molecule has 1 aromatic heterocycles. The average Bonchev–Trinajstić information content (AvgIpc) is 2.60. The Kier molecular flexibility index (Phi) is 3.77. The van der Waals surface area contributed by atoms with Gasteiger partial charge in [0, 0.05) is 25.2 Å². The number of carbonyl (C=O) groups is 1. The Labute approximate surface area is 120 Å². The molecule has 1 amide bonds. The third-order valence-corrected chi connectivity index (χ3v) is 4.39. The van der Waals surface area contributed by atoms with Gasteiger partial charge in [0.2, 0.25) is 5.91 Å². The van der Waals surface area contributed by atoms with Crippen molar-refractivity contribution < 1.29 is 4.79 Å². The van der Waals surface area contributed by atoms with Crippen molar-refractivity contribution in [2.24, 2.45) is 0 Å². The molecule has 2 N–H and O–H groups in total. The third kappa shape index (κ3) is 2.65. The van der Waals surface area contributed by atoms with E-state index in [-0.39, 0.29) is 18.0 Å². The number of carbonyl (C=O) groups excluding carboxylic acids is 1. The van der Waals surface area contributed by atoms with Crippen molar-refractivity contribution in [2.45, 2.75) is 39.8 Å². The molecule has 2 heterocycles. The largest absolute Gasteiger partial charge is 0.396 e. The van der Waals surface area contributed by atoms with Crippen LogP contribution in [0.5, 0.6) is 0 Å². The number of hydrogen-bond acceptors (Lipinski definition) is 4. The molecule has 1 aliphatic rings. The Morgan fingerprint density at radius 1 is 1.35 bits per heavy atom. The zero-order valence-electron chi connectivity index (χ0n) is 13.1. The van der Waals surface area contributed by atoms with Crippen molar-refractivity contribution >= 4 is 11.6 Å². The minimum atomic E-state index is 0.0159. The first-order valence-electron chi connectivity index (χ1n) is 7.01. The highest BCUT2D eigenvalue weighted by atomic mass is 16.2. The van der Waals surface area contributed by atoms with Gasteiger partial charge in [0.1, 0.15) is 6.54 Å². The SMILES string of the molecule is Cc1nn(CC(=O)N2CCN(C)C(C)(C)C2)c(C)c1N. The predicted octanol–water partition coefficient (Wildman–Crippen LogP) is 0.635. The summed E-state index contributed by atoms with van der Waals surface area (Å²) in [7, 11) is 2.10. The van der Waals surface area contributed by atoms with Crippen molar-refractivity contribution in [3.05, 3.63) is 11.4 Å². The van der Waals surface area contributed by atoms with E-state index in [1.807, 2.05) is 18.7 Å². The van der Waals surface area contributed by atoms with E-state index >= 15 is 0 Å². The van der Waals surface area contributed by atoms with E-state index < -0.39 is 0 Å². The molecule has 0 radical (unpaired) electrons. The number of nitrogen functional groups attached to an aromatic ring is 1. The number of likely N-dealkylation sites (N-methyl/N-ethyl adjacent to an activating group) is 1. The fourth-order valence-electron chi connectivity index (χ4n) is 2.55. The van der Waals surface area contributed by atoms with Gasteiger partial charge >= 0.3 is 0 Å². The van der Waals surface area contributed by atoms with Crippen LogP contribution in [0.25, 0.3) is 0 Å². The van der Waals surface area contributed by atoms with Crippen molar-refractivity contribution in [1.29, 1.82) is 0 Å². The summed E-state index contributed by atoms with van der Waals surface area (Å²) in [6, 6.07) is 0. The van der Waals surface area contributed by atoms with Crippen LogP contribution in [0, 0.1) is 13.8 Å². The fourth-order valence-corrected chi connectivity index (χ4v) is 2.55. The molecule has 0 aromatic carbocycles. The molecule has 1 aliphatic heterocycles. The lowest BCUT2D eigenvalue weighted by Crippen LogP contribution is -2.59. The molecule has 20 heavy (non-hydrogen) atoms. The second-order valence-electron chi connectivity index (χ2n) is 6.29. The number of nitrogens with two attached hydrogens (primary N) is 1. The van der Waals surface area contributed by atoms with E-state index in [0.717, 1.165) is 31.0 Å². The minimum Gasteiger partial charge on any atom is -0.396 e. The Morgan fingerprint density at radius 2 is 2.00 bits per heavy atom. The summed E-state index contributed by atoms with van der Waals surface area (Å²) in [5.41, 5.74) is 8.25. The summed E-state index contributed by atoms with van der Waals surface area (Å²) in [5.74, 6) is 0.108. The molecular weight excluding hydrogens is 254 g/mol. The van der Waals surface area contributed by atoms with Crippen molar-refractivity contribution in [2.75, 3.05) is 32.4 Å². The molecule has 2 rings (SSSR count). The van der Waals surface area contributed by atoms with Gasteiger partial charge in [0.05, 0.1) is 17.1 Å². The predicted molar refractivity (Wildman–Crippen MR) is 79.4 cm³/mol. The molecule has 0 saturated carbocycles. The summed E-state index contributed by atoms with van der Waals surface area (Å²) in [5, 5.41) is 4.33. The van der Waals surface area contributed by atoms with Crippen LogP contribution < -0.4 is 5.73 Å². The number of nitrogens with zero attached hydrogens (tertiary/aromatic N) is 4. The van der Waals surface area contributed by atoms with E-state index in [1.165, 1.54) is 0 Å². The molecule has 0 aliphatic carbocycles. The van der Waals surface area contributed by atoms with E-state index in [4.69, 9.17) is 5.73 Å². The van der Waals surface area contributed by atoms with Gasteiger partial charge in [0.25, 0.3) is 0 Å². The Bertz CT molecular complexity index is 520. The summed E-state index contributed by atoms with van der Waals surface area (Å²) in [6.45, 7) is 10.8. The lowest BCUT2D eigenvalue weighted by molar-refractivity contribution is -0.136. The number of piperazine rings is 1. The fraction of sp³-hybridized carbons (Fsp3) is 0.714. The molecule has 1 fully saturated rings. The standard InChI is InChI=1S/C14H25N5O/c1-10-13(15)11(2)19(16-10)8-12(20)18-7-6-17(5)14(3,4)9-18/h6-9,15H2,1-5H3. The molecule has 1 saturated heterocycles. The maximum atomic E-state index is 12.4. The van der Waals surface area contributed by atoms with Crippen LogP contribution in [0.2, 0.25) is 0 Å². The highest BCUT2D eigenvalue weighted by Crippen LogP contribution is 2.20. The van der Waals surface area contributed by atoms with Crippen LogP contribution in [-0.2, 0) is 11.3 Å². The molecule has 112 valence electrons. The number of anilines is 1. The van der Waals surface area contributed by atoms with E-state index in [2.05, 4.69) is 30.9 Å². The smallest absolute Gasteiger partial charge is 0.244 e. The first-order valence-corrected chi connectivity index (χ1v) is 7.01. The van der Waals surface area contributed by atoms with Crippen LogP contribution >= 0.6 is 0 Å². The molecule has 6 heteroatoms. The van der Waals surface area contributed by atoms with Crippen LogP contribution in [0.15, 0.2) is 0 Å². The topological polar surface area (TPSA) is 67.4 Å². The average molecular weight is 279 g/mol. The van der Waals surface area contributed by atoms with Gasteiger partial charge in [-0.25, -0.2) is 0 Å². The van der Waals surface area contributed by atoms with Crippen LogP contribution in [-0.4, -0.2) is 57.7 Å².